The number of anilines is 1. The van der Waals surface area contributed by atoms with Gasteiger partial charge in [-0.3, -0.25) is 4.79 Å². The maximum atomic E-state index is 12.9. The average Bonchev–Trinajstić information content (AvgIpc) is 2.48. The number of rotatable bonds is 5. The van der Waals surface area contributed by atoms with E-state index in [-0.39, 0.29) is 18.3 Å². The predicted molar refractivity (Wildman–Crippen MR) is 81.8 cm³/mol. The first kappa shape index (κ1) is 15.4. The van der Waals surface area contributed by atoms with Gasteiger partial charge in [-0.05, 0) is 46.1 Å². The third kappa shape index (κ3) is 4.53. The first-order valence-corrected chi connectivity index (χ1v) is 7.20. The quantitative estimate of drug-likeness (QED) is 0.894. The number of halogens is 2. The zero-order valence-electron chi connectivity index (χ0n) is 11.4. The second-order valence-electron chi connectivity index (χ2n) is 4.32. The minimum Gasteiger partial charge on any atom is -0.484 e. The fourth-order valence-electron chi connectivity index (χ4n) is 1.64. The first-order chi connectivity index (χ1) is 10.1. The Morgan fingerprint density at radius 2 is 2.10 bits per heavy atom. The molecule has 1 amide bonds. The van der Waals surface area contributed by atoms with Gasteiger partial charge in [0.15, 0.2) is 6.61 Å². The summed E-state index contributed by atoms with van der Waals surface area (Å²) in [6.45, 7) is 1.92. The van der Waals surface area contributed by atoms with Crippen molar-refractivity contribution in [3.05, 3.63) is 52.4 Å². The summed E-state index contributed by atoms with van der Waals surface area (Å²) in [5, 5.41) is 2.54. The van der Waals surface area contributed by atoms with Crippen molar-refractivity contribution in [2.24, 2.45) is 0 Å². The van der Waals surface area contributed by atoms with E-state index in [1.54, 1.807) is 0 Å². The van der Waals surface area contributed by atoms with E-state index >= 15 is 0 Å². The number of pyridine rings is 1. The second-order valence-corrected chi connectivity index (χ2v) is 5.17. The van der Waals surface area contributed by atoms with Crippen molar-refractivity contribution in [3.63, 3.8) is 0 Å². The lowest BCUT2D eigenvalue weighted by Gasteiger charge is -2.08. The fourth-order valence-corrected chi connectivity index (χ4v) is 2.07. The van der Waals surface area contributed by atoms with Gasteiger partial charge in [-0.15, -0.1) is 0 Å². The first-order valence-electron chi connectivity index (χ1n) is 6.41. The second kappa shape index (κ2) is 7.17. The van der Waals surface area contributed by atoms with E-state index in [1.807, 2.05) is 24.3 Å². The van der Waals surface area contributed by atoms with Crippen LogP contribution in [0.2, 0.25) is 0 Å². The summed E-state index contributed by atoms with van der Waals surface area (Å²) in [7, 11) is 0. The SMILES string of the molecule is CCc1ccc(OCC(=O)Nc2ncc(F)cc2Br)cc1. The maximum absolute atomic E-state index is 12.9. The largest absolute Gasteiger partial charge is 0.484 e. The van der Waals surface area contributed by atoms with Gasteiger partial charge in [-0.2, -0.15) is 0 Å². The molecule has 6 heteroatoms. The van der Waals surface area contributed by atoms with E-state index in [0.29, 0.717) is 10.2 Å². The van der Waals surface area contributed by atoms with Gasteiger partial charge in [-0.1, -0.05) is 19.1 Å². The lowest BCUT2D eigenvalue weighted by atomic mass is 10.2. The minimum absolute atomic E-state index is 0.142. The van der Waals surface area contributed by atoms with Crippen LogP contribution in [-0.2, 0) is 11.2 Å². The Hall–Kier alpha value is -1.95. The molecule has 0 atom stereocenters. The van der Waals surface area contributed by atoms with Crippen LogP contribution in [0.15, 0.2) is 41.0 Å². The molecular weight excluding hydrogens is 339 g/mol. The van der Waals surface area contributed by atoms with E-state index in [2.05, 4.69) is 33.2 Å². The number of amides is 1. The van der Waals surface area contributed by atoms with Crippen molar-refractivity contribution in [2.75, 3.05) is 11.9 Å². The zero-order chi connectivity index (χ0) is 15.2. The van der Waals surface area contributed by atoms with Gasteiger partial charge in [-0.25, -0.2) is 9.37 Å². The third-order valence-corrected chi connectivity index (χ3v) is 3.37. The number of benzene rings is 1. The van der Waals surface area contributed by atoms with Crippen molar-refractivity contribution in [1.82, 2.24) is 4.98 Å². The van der Waals surface area contributed by atoms with Gasteiger partial charge in [0.2, 0.25) is 0 Å². The van der Waals surface area contributed by atoms with Crippen LogP contribution < -0.4 is 10.1 Å². The summed E-state index contributed by atoms with van der Waals surface area (Å²) in [5.74, 6) is 0.0290. The molecule has 21 heavy (non-hydrogen) atoms. The van der Waals surface area contributed by atoms with Crippen LogP contribution in [0.3, 0.4) is 0 Å². The van der Waals surface area contributed by atoms with Crippen LogP contribution in [0, 0.1) is 5.82 Å². The molecule has 1 aromatic heterocycles. The molecule has 0 saturated heterocycles. The standard InChI is InChI=1S/C15H14BrFN2O2/c1-2-10-3-5-12(6-4-10)21-9-14(20)19-15-13(16)7-11(17)8-18-15/h3-8H,2,9H2,1H3,(H,18,19,20). The number of ether oxygens (including phenoxy) is 1. The Balaban J connectivity index is 1.89. The number of hydrogen-bond donors (Lipinski definition) is 1. The van der Waals surface area contributed by atoms with E-state index in [1.165, 1.54) is 11.6 Å². The van der Waals surface area contributed by atoms with E-state index < -0.39 is 5.82 Å². The van der Waals surface area contributed by atoms with Crippen LogP contribution in [0.4, 0.5) is 10.2 Å². The highest BCUT2D eigenvalue weighted by molar-refractivity contribution is 9.10. The molecule has 0 bridgehead atoms. The molecule has 110 valence electrons. The molecule has 0 aliphatic heterocycles. The van der Waals surface area contributed by atoms with Gasteiger partial charge in [0.25, 0.3) is 5.91 Å². The smallest absolute Gasteiger partial charge is 0.263 e. The van der Waals surface area contributed by atoms with Crippen molar-refractivity contribution in [3.8, 4) is 5.75 Å². The van der Waals surface area contributed by atoms with Gasteiger partial charge >= 0.3 is 0 Å². The molecule has 0 unspecified atom stereocenters. The van der Waals surface area contributed by atoms with E-state index in [0.717, 1.165) is 12.6 Å². The summed E-state index contributed by atoms with van der Waals surface area (Å²) < 4.78 is 18.6. The van der Waals surface area contributed by atoms with Gasteiger partial charge < -0.3 is 10.1 Å². The molecule has 0 radical (unpaired) electrons. The van der Waals surface area contributed by atoms with Crippen LogP contribution in [-0.4, -0.2) is 17.5 Å². The van der Waals surface area contributed by atoms with Crippen LogP contribution in [0.5, 0.6) is 5.75 Å². The molecule has 0 spiro atoms. The lowest BCUT2D eigenvalue weighted by molar-refractivity contribution is -0.118. The monoisotopic (exact) mass is 352 g/mol. The Labute approximate surface area is 130 Å². The normalized spacial score (nSPS) is 10.2. The topological polar surface area (TPSA) is 51.2 Å². The number of aryl methyl sites for hydroxylation is 1. The van der Waals surface area contributed by atoms with Crippen molar-refractivity contribution in [2.45, 2.75) is 13.3 Å². The lowest BCUT2D eigenvalue weighted by Crippen LogP contribution is -2.21. The Kier molecular flexibility index (Phi) is 5.27. The number of hydrogen-bond acceptors (Lipinski definition) is 3. The number of nitrogens with zero attached hydrogens (tertiary/aromatic N) is 1. The number of nitrogens with one attached hydrogen (secondary N) is 1. The predicted octanol–water partition coefficient (Wildman–Crippen LogP) is 3.56. The summed E-state index contributed by atoms with van der Waals surface area (Å²) in [6.07, 6.45) is 1.98. The van der Waals surface area contributed by atoms with Crippen LogP contribution in [0.1, 0.15) is 12.5 Å². The molecule has 1 heterocycles. The molecule has 0 aliphatic rings. The molecule has 0 saturated carbocycles. The summed E-state index contributed by atoms with van der Waals surface area (Å²) in [5.41, 5.74) is 1.20. The van der Waals surface area contributed by atoms with Crippen molar-refractivity contribution >= 4 is 27.7 Å². The third-order valence-electron chi connectivity index (χ3n) is 2.77. The number of carbonyl (C=O) groups is 1. The summed E-state index contributed by atoms with van der Waals surface area (Å²) in [6, 6.07) is 8.76. The highest BCUT2D eigenvalue weighted by Gasteiger charge is 2.08. The Morgan fingerprint density at radius 1 is 1.38 bits per heavy atom. The van der Waals surface area contributed by atoms with Crippen LogP contribution in [0.25, 0.3) is 0 Å². The molecular formula is C15H14BrFN2O2. The molecule has 1 N–H and O–H groups in total. The van der Waals surface area contributed by atoms with Gasteiger partial charge in [0.05, 0.1) is 10.7 Å². The van der Waals surface area contributed by atoms with Crippen molar-refractivity contribution in [1.29, 1.82) is 0 Å². The minimum atomic E-state index is -0.480. The Morgan fingerprint density at radius 3 is 2.71 bits per heavy atom. The zero-order valence-corrected chi connectivity index (χ0v) is 13.0. The number of aromatic nitrogens is 1. The van der Waals surface area contributed by atoms with E-state index in [9.17, 15) is 9.18 Å². The molecule has 4 nitrogen and oxygen atoms in total. The average molecular weight is 353 g/mol. The fraction of sp³-hybridized carbons (Fsp3) is 0.200. The van der Waals surface area contributed by atoms with Crippen LogP contribution >= 0.6 is 15.9 Å². The molecule has 0 aliphatic carbocycles. The molecule has 1 aromatic carbocycles. The molecule has 2 rings (SSSR count). The van der Waals surface area contributed by atoms with E-state index in [4.69, 9.17) is 4.74 Å². The maximum Gasteiger partial charge on any atom is 0.263 e. The van der Waals surface area contributed by atoms with Gasteiger partial charge in [0, 0.05) is 0 Å². The summed E-state index contributed by atoms with van der Waals surface area (Å²) in [4.78, 5) is 15.5. The molecule has 0 fully saturated rings. The molecule has 2 aromatic rings. The highest BCUT2D eigenvalue weighted by Crippen LogP contribution is 2.20. The summed E-state index contributed by atoms with van der Waals surface area (Å²) >= 11 is 3.13. The van der Waals surface area contributed by atoms with Crippen molar-refractivity contribution < 1.29 is 13.9 Å². The Bertz CT molecular complexity index is 632. The number of carbonyl (C=O) groups excluding carboxylic acids is 1. The highest BCUT2D eigenvalue weighted by atomic mass is 79.9. The van der Waals surface area contributed by atoms with Gasteiger partial charge in [0.1, 0.15) is 17.4 Å².